The van der Waals surface area contributed by atoms with Crippen LogP contribution in [-0.4, -0.2) is 37.8 Å². The van der Waals surface area contributed by atoms with Crippen molar-refractivity contribution >= 4 is 30.9 Å². The van der Waals surface area contributed by atoms with Gasteiger partial charge in [0.2, 0.25) is 0 Å². The van der Waals surface area contributed by atoms with Gasteiger partial charge in [-0.15, -0.1) is 12.1 Å². The van der Waals surface area contributed by atoms with Crippen LogP contribution in [0.2, 0.25) is 16.6 Å². The van der Waals surface area contributed by atoms with E-state index in [4.69, 9.17) is 9.47 Å². The quantitative estimate of drug-likeness (QED) is 0.514. The number of carbonyl (C=O) groups is 1. The molecule has 0 radical (unpaired) electrons. The van der Waals surface area contributed by atoms with Crippen molar-refractivity contribution < 1.29 is 33.1 Å². The summed E-state index contributed by atoms with van der Waals surface area (Å²) in [7, 11) is -0.305. The molecule has 0 fully saturated rings. The Kier molecular flexibility index (Phi) is 7.97. The number of nitrogens with zero attached hydrogens (tertiary/aromatic N) is 2. The predicted octanol–water partition coefficient (Wildman–Crippen LogP) is 3.78. The molecule has 0 unspecified atom stereocenters. The smallest absolute Gasteiger partial charge is 0.522 e. The fourth-order valence-electron chi connectivity index (χ4n) is 5.83. The summed E-state index contributed by atoms with van der Waals surface area (Å²) in [6.07, 6.45) is 2.87. The zero-order chi connectivity index (χ0) is 23.3. The van der Waals surface area contributed by atoms with Crippen molar-refractivity contribution in [1.82, 2.24) is 4.23 Å². The standard InChI is InChI=1S/C25H39N2O3Si.Li/c1-16(2)31(17(3)4,18(5)6)27-15-19-11-12-26(24(28)30-25(7,8)9)21-13-20(29-10)14-22(27)23(19)21;/h14-18H,11-12H2,1-10H3;/q-1;+1. The molecule has 1 aromatic carbocycles. The molecule has 0 saturated heterocycles. The Hall–Kier alpha value is -1.36. The van der Waals surface area contributed by atoms with Gasteiger partial charge in [0.15, 0.2) is 8.24 Å². The van der Waals surface area contributed by atoms with E-state index < -0.39 is 13.8 Å². The molecule has 0 aliphatic carbocycles. The Morgan fingerprint density at radius 2 is 1.66 bits per heavy atom. The van der Waals surface area contributed by atoms with Crippen LogP contribution in [0.4, 0.5) is 10.5 Å². The van der Waals surface area contributed by atoms with E-state index in [0.29, 0.717) is 28.9 Å². The van der Waals surface area contributed by atoms with Crippen molar-refractivity contribution in [2.24, 2.45) is 0 Å². The van der Waals surface area contributed by atoms with Gasteiger partial charge in [0.25, 0.3) is 0 Å². The van der Waals surface area contributed by atoms with Crippen LogP contribution in [0.3, 0.4) is 0 Å². The summed E-state index contributed by atoms with van der Waals surface area (Å²) >= 11 is 0. The van der Waals surface area contributed by atoms with Crippen molar-refractivity contribution in [3.63, 3.8) is 0 Å². The third kappa shape index (κ3) is 4.39. The monoisotopic (exact) mass is 450 g/mol. The summed E-state index contributed by atoms with van der Waals surface area (Å²) < 4.78 is 14.0. The van der Waals surface area contributed by atoms with Crippen LogP contribution in [0.25, 0.3) is 10.9 Å². The van der Waals surface area contributed by atoms with E-state index in [-0.39, 0.29) is 25.0 Å². The van der Waals surface area contributed by atoms with Gasteiger partial charge in [0, 0.05) is 12.3 Å². The van der Waals surface area contributed by atoms with Gasteiger partial charge in [0.1, 0.15) is 5.60 Å². The number of amides is 1. The molecule has 1 amide bonds. The first kappa shape index (κ1) is 26.9. The van der Waals surface area contributed by atoms with Crippen LogP contribution in [0.5, 0.6) is 5.75 Å². The van der Waals surface area contributed by atoms with Crippen molar-refractivity contribution in [1.29, 1.82) is 0 Å². The number of methoxy groups -OCH3 is 1. The number of aromatic nitrogens is 1. The molecule has 0 bridgehead atoms. The number of hydrogen-bond acceptors (Lipinski definition) is 3. The molecule has 1 aliphatic rings. The van der Waals surface area contributed by atoms with Gasteiger partial charge in [-0.1, -0.05) is 63.7 Å². The molecule has 2 heterocycles. The summed E-state index contributed by atoms with van der Waals surface area (Å²) in [5.41, 5.74) is 4.39. The molecule has 1 aliphatic heterocycles. The molecular formula is C25H39LiN2O3Si. The van der Waals surface area contributed by atoms with Gasteiger partial charge in [-0.05, 0) is 50.0 Å². The van der Waals surface area contributed by atoms with Gasteiger partial charge in [-0.25, -0.2) is 4.79 Å². The minimum Gasteiger partial charge on any atom is -0.522 e. The Labute approximate surface area is 207 Å². The minimum absolute atomic E-state index is 0. The van der Waals surface area contributed by atoms with Crippen LogP contribution in [0.15, 0.2) is 12.3 Å². The van der Waals surface area contributed by atoms with Crippen molar-refractivity contribution in [2.45, 2.75) is 91.0 Å². The van der Waals surface area contributed by atoms with Crippen molar-refractivity contribution in [3.05, 3.63) is 23.9 Å². The summed E-state index contributed by atoms with van der Waals surface area (Å²) in [5, 5.41) is 1.12. The van der Waals surface area contributed by atoms with Gasteiger partial charge >= 0.3 is 25.0 Å². The molecule has 0 saturated carbocycles. The van der Waals surface area contributed by atoms with E-state index in [2.05, 4.69) is 64.1 Å². The average molecular weight is 451 g/mol. The average Bonchev–Trinajstić information content (AvgIpc) is 2.99. The van der Waals surface area contributed by atoms with Gasteiger partial charge in [0.05, 0.1) is 7.11 Å². The molecule has 172 valence electrons. The molecule has 32 heavy (non-hydrogen) atoms. The maximum Gasteiger partial charge on any atom is 1.00 e. The molecule has 2 aromatic rings. The van der Waals surface area contributed by atoms with Crippen LogP contribution in [0.1, 0.15) is 67.9 Å². The maximum absolute atomic E-state index is 13.0. The number of benzene rings is 1. The van der Waals surface area contributed by atoms with E-state index in [1.54, 1.807) is 12.0 Å². The second kappa shape index (κ2) is 9.48. The Balaban J connectivity index is 0.00000363. The Morgan fingerprint density at radius 1 is 1.09 bits per heavy atom. The zero-order valence-electron chi connectivity index (χ0n) is 21.9. The third-order valence-corrected chi connectivity index (χ3v) is 13.5. The fourth-order valence-corrected chi connectivity index (χ4v) is 12.5. The van der Waals surface area contributed by atoms with E-state index in [1.165, 1.54) is 5.56 Å². The van der Waals surface area contributed by atoms with Crippen LogP contribution >= 0.6 is 0 Å². The van der Waals surface area contributed by atoms with Crippen molar-refractivity contribution in [3.8, 4) is 5.75 Å². The first-order valence-electron chi connectivity index (χ1n) is 11.5. The SMILES string of the molecule is COc1[c-]c2c3c(cn([Si](C(C)C)(C(C)C)C(C)C)c3c1)CCN2C(=O)OC(C)(C)C.[Li+]. The maximum atomic E-state index is 13.0. The Bertz CT molecular complexity index is 954. The van der Waals surface area contributed by atoms with Crippen LogP contribution < -0.4 is 28.5 Å². The van der Waals surface area contributed by atoms with Gasteiger partial charge in [-0.3, -0.25) is 0 Å². The molecule has 0 spiro atoms. The van der Waals surface area contributed by atoms with Crippen LogP contribution in [0, 0.1) is 6.07 Å². The molecule has 1 aromatic heterocycles. The number of rotatable bonds is 5. The molecule has 7 heteroatoms. The van der Waals surface area contributed by atoms with E-state index in [1.807, 2.05) is 20.8 Å². The second-order valence-corrected chi connectivity index (χ2v) is 16.4. The fraction of sp³-hybridized carbons (Fsp3) is 0.640. The van der Waals surface area contributed by atoms with Gasteiger partial charge in [-0.2, -0.15) is 0 Å². The molecule has 0 atom stereocenters. The summed E-state index contributed by atoms with van der Waals surface area (Å²) in [5.74, 6) is 0.656. The predicted molar refractivity (Wildman–Crippen MR) is 131 cm³/mol. The van der Waals surface area contributed by atoms with E-state index in [9.17, 15) is 4.79 Å². The van der Waals surface area contributed by atoms with Crippen molar-refractivity contribution in [2.75, 3.05) is 18.6 Å². The minimum atomic E-state index is -1.97. The molecular weight excluding hydrogens is 411 g/mol. The summed E-state index contributed by atoms with van der Waals surface area (Å²) in [6.45, 7) is 20.5. The normalized spacial score (nSPS) is 14.3. The largest absolute Gasteiger partial charge is 1.00 e. The summed E-state index contributed by atoms with van der Waals surface area (Å²) in [6, 6.07) is 5.46. The van der Waals surface area contributed by atoms with E-state index in [0.717, 1.165) is 23.0 Å². The second-order valence-electron chi connectivity index (χ2n) is 10.7. The number of ether oxygens (including phenoxy) is 2. The third-order valence-electron chi connectivity index (χ3n) is 6.77. The Morgan fingerprint density at radius 3 is 2.12 bits per heavy atom. The first-order valence-corrected chi connectivity index (χ1v) is 13.7. The number of anilines is 1. The van der Waals surface area contributed by atoms with Gasteiger partial charge < -0.3 is 18.6 Å². The number of hydrogen-bond donors (Lipinski definition) is 0. The zero-order valence-corrected chi connectivity index (χ0v) is 22.9. The number of carbonyl (C=O) groups excluding carboxylic acids is 1. The van der Waals surface area contributed by atoms with Crippen LogP contribution in [-0.2, 0) is 11.2 Å². The van der Waals surface area contributed by atoms with E-state index >= 15 is 0 Å². The topological polar surface area (TPSA) is 43.7 Å². The molecule has 0 N–H and O–H groups in total. The first-order chi connectivity index (χ1) is 14.3. The molecule has 5 nitrogen and oxygen atoms in total. The summed E-state index contributed by atoms with van der Waals surface area (Å²) in [4.78, 5) is 14.8. The molecule has 3 rings (SSSR count).